The van der Waals surface area contributed by atoms with E-state index in [0.29, 0.717) is 25.0 Å². The number of ether oxygens (including phenoxy) is 1. The molecule has 0 aliphatic heterocycles. The highest BCUT2D eigenvalue weighted by atomic mass is 16.5. The Bertz CT molecular complexity index is 396. The van der Waals surface area contributed by atoms with Gasteiger partial charge >= 0.3 is 0 Å². The second-order valence-electron chi connectivity index (χ2n) is 4.57. The molecular weight excluding hydrogens is 242 g/mol. The van der Waals surface area contributed by atoms with E-state index in [2.05, 4.69) is 5.32 Å². The van der Waals surface area contributed by atoms with Gasteiger partial charge in [0, 0.05) is 12.1 Å². The molecule has 1 aromatic carbocycles. The van der Waals surface area contributed by atoms with Gasteiger partial charge in [-0.3, -0.25) is 4.79 Å². The Kier molecular flexibility index (Phi) is 5.83. The lowest BCUT2D eigenvalue weighted by Crippen LogP contribution is -2.42. The number of benzene rings is 1. The van der Waals surface area contributed by atoms with E-state index in [1.165, 1.54) is 0 Å². The molecule has 0 fully saturated rings. The lowest BCUT2D eigenvalue weighted by Gasteiger charge is -2.25. The predicted molar refractivity (Wildman–Crippen MR) is 75.5 cm³/mol. The minimum atomic E-state index is -0.819. The van der Waals surface area contributed by atoms with Gasteiger partial charge in [0.15, 0.2) is 0 Å². The van der Waals surface area contributed by atoms with Crippen LogP contribution in [-0.4, -0.2) is 29.8 Å². The number of carbonyl (C=O) groups is 1. The van der Waals surface area contributed by atoms with Gasteiger partial charge in [0.1, 0.15) is 5.75 Å². The number of rotatable bonds is 7. The van der Waals surface area contributed by atoms with Crippen LogP contribution in [0.5, 0.6) is 5.75 Å². The van der Waals surface area contributed by atoms with E-state index in [1.54, 1.807) is 24.3 Å². The van der Waals surface area contributed by atoms with Crippen molar-refractivity contribution in [2.45, 2.75) is 39.2 Å². The SMILES string of the molecule is CCOc1ccc(C(=O)NCC(O)(CC)CC)cc1. The van der Waals surface area contributed by atoms with Crippen molar-refractivity contribution in [3.63, 3.8) is 0 Å². The summed E-state index contributed by atoms with van der Waals surface area (Å²) >= 11 is 0. The number of amides is 1. The van der Waals surface area contributed by atoms with E-state index in [-0.39, 0.29) is 12.5 Å². The van der Waals surface area contributed by atoms with Crippen LogP contribution in [0.25, 0.3) is 0 Å². The van der Waals surface area contributed by atoms with Crippen molar-refractivity contribution >= 4 is 5.91 Å². The highest BCUT2D eigenvalue weighted by Gasteiger charge is 2.22. The zero-order valence-electron chi connectivity index (χ0n) is 11.9. The summed E-state index contributed by atoms with van der Waals surface area (Å²) in [5.74, 6) is 0.570. The van der Waals surface area contributed by atoms with Crippen LogP contribution in [0.3, 0.4) is 0 Å². The minimum absolute atomic E-state index is 0.177. The molecule has 106 valence electrons. The maximum Gasteiger partial charge on any atom is 0.251 e. The maximum absolute atomic E-state index is 11.9. The number of carbonyl (C=O) groups excluding carboxylic acids is 1. The smallest absolute Gasteiger partial charge is 0.251 e. The van der Waals surface area contributed by atoms with Gasteiger partial charge in [0.2, 0.25) is 0 Å². The van der Waals surface area contributed by atoms with Gasteiger partial charge in [-0.05, 0) is 44.0 Å². The van der Waals surface area contributed by atoms with Gasteiger partial charge in [-0.25, -0.2) is 0 Å². The van der Waals surface area contributed by atoms with Crippen LogP contribution in [0.4, 0.5) is 0 Å². The molecule has 0 saturated heterocycles. The van der Waals surface area contributed by atoms with E-state index in [0.717, 1.165) is 5.75 Å². The Hall–Kier alpha value is -1.55. The summed E-state index contributed by atoms with van der Waals surface area (Å²) in [5, 5.41) is 12.9. The molecule has 0 bridgehead atoms. The maximum atomic E-state index is 11.9. The topological polar surface area (TPSA) is 58.6 Å². The van der Waals surface area contributed by atoms with Gasteiger partial charge < -0.3 is 15.2 Å². The van der Waals surface area contributed by atoms with Crippen molar-refractivity contribution in [3.8, 4) is 5.75 Å². The Labute approximate surface area is 114 Å². The van der Waals surface area contributed by atoms with Crippen LogP contribution < -0.4 is 10.1 Å². The van der Waals surface area contributed by atoms with E-state index >= 15 is 0 Å². The molecule has 1 aromatic rings. The fourth-order valence-electron chi connectivity index (χ4n) is 1.72. The van der Waals surface area contributed by atoms with E-state index in [4.69, 9.17) is 4.74 Å². The molecule has 1 rings (SSSR count). The molecule has 2 N–H and O–H groups in total. The van der Waals surface area contributed by atoms with Crippen molar-refractivity contribution in [2.24, 2.45) is 0 Å². The third kappa shape index (κ3) is 4.56. The van der Waals surface area contributed by atoms with Gasteiger partial charge in [-0.15, -0.1) is 0 Å². The molecule has 4 heteroatoms. The zero-order chi connectivity index (χ0) is 14.3. The standard InChI is InChI=1S/C15H23NO3/c1-4-15(18,5-2)11-16-14(17)12-7-9-13(10-8-12)19-6-3/h7-10,18H,4-6,11H2,1-3H3,(H,16,17). The highest BCUT2D eigenvalue weighted by Crippen LogP contribution is 2.14. The largest absolute Gasteiger partial charge is 0.494 e. The Morgan fingerprint density at radius 2 is 1.79 bits per heavy atom. The van der Waals surface area contributed by atoms with E-state index < -0.39 is 5.60 Å². The van der Waals surface area contributed by atoms with Crippen molar-refractivity contribution in [3.05, 3.63) is 29.8 Å². The first-order valence-electron chi connectivity index (χ1n) is 6.78. The number of hydrogen-bond donors (Lipinski definition) is 2. The molecule has 0 aliphatic carbocycles. The van der Waals surface area contributed by atoms with Crippen molar-refractivity contribution < 1.29 is 14.6 Å². The molecule has 0 saturated carbocycles. The van der Waals surface area contributed by atoms with Crippen LogP contribution in [0.2, 0.25) is 0 Å². The summed E-state index contributed by atoms with van der Waals surface area (Å²) in [6, 6.07) is 6.98. The molecule has 0 unspecified atom stereocenters. The van der Waals surface area contributed by atoms with Crippen LogP contribution in [0.1, 0.15) is 44.0 Å². The predicted octanol–water partition coefficient (Wildman–Crippen LogP) is 2.37. The lowest BCUT2D eigenvalue weighted by atomic mass is 9.97. The average molecular weight is 265 g/mol. The van der Waals surface area contributed by atoms with Crippen LogP contribution in [0, 0.1) is 0 Å². The van der Waals surface area contributed by atoms with Crippen LogP contribution in [-0.2, 0) is 0 Å². The second kappa shape index (κ2) is 7.14. The average Bonchev–Trinajstić information content (AvgIpc) is 2.45. The van der Waals surface area contributed by atoms with Crippen molar-refractivity contribution in [2.75, 3.05) is 13.2 Å². The van der Waals surface area contributed by atoms with Gasteiger partial charge in [-0.1, -0.05) is 13.8 Å². The van der Waals surface area contributed by atoms with E-state index in [1.807, 2.05) is 20.8 Å². The molecule has 1 amide bonds. The normalized spacial score (nSPS) is 11.2. The number of nitrogens with one attached hydrogen (secondary N) is 1. The first kappa shape index (κ1) is 15.5. The van der Waals surface area contributed by atoms with Gasteiger partial charge in [0.25, 0.3) is 5.91 Å². The summed E-state index contributed by atoms with van der Waals surface area (Å²) in [4.78, 5) is 11.9. The summed E-state index contributed by atoms with van der Waals surface area (Å²) < 4.78 is 5.32. The summed E-state index contributed by atoms with van der Waals surface area (Å²) in [6.45, 7) is 6.60. The van der Waals surface area contributed by atoms with E-state index in [9.17, 15) is 9.90 Å². The first-order valence-corrected chi connectivity index (χ1v) is 6.78. The molecule has 0 aliphatic rings. The van der Waals surface area contributed by atoms with Gasteiger partial charge in [0.05, 0.1) is 12.2 Å². The molecule has 0 aromatic heterocycles. The third-order valence-corrected chi connectivity index (χ3v) is 3.32. The van der Waals surface area contributed by atoms with Crippen LogP contribution >= 0.6 is 0 Å². The lowest BCUT2D eigenvalue weighted by molar-refractivity contribution is 0.0314. The number of hydrogen-bond acceptors (Lipinski definition) is 3. The Balaban J connectivity index is 2.58. The molecule has 4 nitrogen and oxygen atoms in total. The molecule has 19 heavy (non-hydrogen) atoms. The third-order valence-electron chi connectivity index (χ3n) is 3.32. The summed E-state index contributed by atoms with van der Waals surface area (Å²) in [5.41, 5.74) is -0.251. The Morgan fingerprint density at radius 3 is 2.26 bits per heavy atom. The fraction of sp³-hybridized carbons (Fsp3) is 0.533. The molecular formula is C15H23NO3. The Morgan fingerprint density at radius 1 is 1.21 bits per heavy atom. The van der Waals surface area contributed by atoms with Gasteiger partial charge in [-0.2, -0.15) is 0 Å². The molecule has 0 atom stereocenters. The summed E-state index contributed by atoms with van der Waals surface area (Å²) in [6.07, 6.45) is 1.24. The monoisotopic (exact) mass is 265 g/mol. The first-order chi connectivity index (χ1) is 9.04. The van der Waals surface area contributed by atoms with Crippen molar-refractivity contribution in [1.29, 1.82) is 0 Å². The fourth-order valence-corrected chi connectivity index (χ4v) is 1.72. The molecule has 0 heterocycles. The van der Waals surface area contributed by atoms with Crippen LogP contribution in [0.15, 0.2) is 24.3 Å². The van der Waals surface area contributed by atoms with Crippen molar-refractivity contribution in [1.82, 2.24) is 5.32 Å². The summed E-state index contributed by atoms with van der Waals surface area (Å²) in [7, 11) is 0. The highest BCUT2D eigenvalue weighted by molar-refractivity contribution is 5.94. The molecule has 0 spiro atoms. The zero-order valence-corrected chi connectivity index (χ0v) is 11.9. The second-order valence-corrected chi connectivity index (χ2v) is 4.57. The quantitative estimate of drug-likeness (QED) is 0.795. The minimum Gasteiger partial charge on any atom is -0.494 e. The number of aliphatic hydroxyl groups is 1. The molecule has 0 radical (unpaired) electrons.